The molecule has 0 saturated carbocycles. The fourth-order valence-electron chi connectivity index (χ4n) is 3.18. The number of benzene rings is 2. The maximum atomic E-state index is 10.5. The second-order valence-corrected chi connectivity index (χ2v) is 6.86. The SMILES string of the molecule is COc1ccc(CC[NH+](C)C/C(O)=C(\C#N)c2nc3ccccc3[nH]2)cc1OC. The molecule has 0 aliphatic rings. The van der Waals surface area contributed by atoms with Gasteiger partial charge >= 0.3 is 0 Å². The Labute approximate surface area is 169 Å². The first kappa shape index (κ1) is 20.2. The number of likely N-dealkylation sites (N-methyl/N-ethyl adjacent to an activating group) is 1. The van der Waals surface area contributed by atoms with Gasteiger partial charge in [0.25, 0.3) is 0 Å². The zero-order valence-electron chi connectivity index (χ0n) is 16.8. The zero-order valence-corrected chi connectivity index (χ0v) is 16.8. The van der Waals surface area contributed by atoms with Crippen LogP contribution in [0.1, 0.15) is 11.4 Å². The van der Waals surface area contributed by atoms with E-state index in [4.69, 9.17) is 9.47 Å². The van der Waals surface area contributed by atoms with Crippen molar-refractivity contribution in [3.63, 3.8) is 0 Å². The molecule has 1 heterocycles. The topological polar surface area (TPSA) is 95.6 Å². The molecule has 0 fully saturated rings. The van der Waals surface area contributed by atoms with Gasteiger partial charge < -0.3 is 24.5 Å². The lowest BCUT2D eigenvalue weighted by Gasteiger charge is -2.15. The number of H-pyrrole nitrogens is 1. The van der Waals surface area contributed by atoms with Gasteiger partial charge in [-0.15, -0.1) is 0 Å². The summed E-state index contributed by atoms with van der Waals surface area (Å²) in [4.78, 5) is 8.58. The lowest BCUT2D eigenvalue weighted by molar-refractivity contribution is -0.875. The summed E-state index contributed by atoms with van der Waals surface area (Å²) in [5.74, 6) is 1.80. The van der Waals surface area contributed by atoms with Gasteiger partial charge in [-0.1, -0.05) is 18.2 Å². The summed E-state index contributed by atoms with van der Waals surface area (Å²) in [5.41, 5.74) is 2.88. The van der Waals surface area contributed by atoms with Gasteiger partial charge in [-0.05, 0) is 29.8 Å². The number of nitrogens with one attached hydrogen (secondary N) is 2. The largest absolute Gasteiger partial charge is 0.506 e. The van der Waals surface area contributed by atoms with Crippen LogP contribution in [-0.2, 0) is 6.42 Å². The van der Waals surface area contributed by atoms with Crippen LogP contribution in [-0.4, -0.2) is 49.4 Å². The summed E-state index contributed by atoms with van der Waals surface area (Å²) < 4.78 is 10.6. The molecule has 3 aromatic rings. The Morgan fingerprint density at radius 1 is 1.17 bits per heavy atom. The van der Waals surface area contributed by atoms with Crippen molar-refractivity contribution in [1.29, 1.82) is 5.26 Å². The van der Waals surface area contributed by atoms with Gasteiger partial charge in [-0.25, -0.2) is 4.98 Å². The number of aliphatic hydroxyl groups excluding tert-OH is 1. The first-order chi connectivity index (χ1) is 14.0. The fraction of sp³-hybridized carbons (Fsp3) is 0.273. The van der Waals surface area contributed by atoms with Crippen molar-refractivity contribution >= 4 is 16.6 Å². The number of ether oxygens (including phenoxy) is 2. The Bertz CT molecular complexity index is 1030. The molecule has 2 aromatic carbocycles. The van der Waals surface area contributed by atoms with E-state index in [9.17, 15) is 10.4 Å². The van der Waals surface area contributed by atoms with Crippen molar-refractivity contribution in [2.75, 3.05) is 34.4 Å². The summed E-state index contributed by atoms with van der Waals surface area (Å²) in [6.45, 7) is 1.10. The number of fused-ring (bicyclic) bond motifs is 1. The zero-order chi connectivity index (χ0) is 20.8. The number of nitrogens with zero attached hydrogens (tertiary/aromatic N) is 2. The molecule has 1 atom stereocenters. The quantitative estimate of drug-likeness (QED) is 0.403. The van der Waals surface area contributed by atoms with Crippen molar-refractivity contribution in [3.8, 4) is 17.6 Å². The number of rotatable bonds is 8. The van der Waals surface area contributed by atoms with E-state index >= 15 is 0 Å². The molecule has 0 saturated heterocycles. The van der Waals surface area contributed by atoms with Crippen LogP contribution in [0.4, 0.5) is 0 Å². The third-order valence-electron chi connectivity index (χ3n) is 4.78. The number of nitriles is 1. The van der Waals surface area contributed by atoms with Crippen molar-refractivity contribution in [3.05, 3.63) is 59.6 Å². The van der Waals surface area contributed by atoms with E-state index in [0.717, 1.165) is 34.5 Å². The molecule has 1 unspecified atom stereocenters. The molecular formula is C22H25N4O3+. The molecule has 0 radical (unpaired) electrons. The van der Waals surface area contributed by atoms with Crippen LogP contribution in [0.5, 0.6) is 11.5 Å². The Morgan fingerprint density at radius 2 is 1.93 bits per heavy atom. The first-order valence-electron chi connectivity index (χ1n) is 9.35. The number of aromatic amines is 1. The number of hydrogen-bond donors (Lipinski definition) is 3. The minimum atomic E-state index is 0.0244. The van der Waals surface area contributed by atoms with Gasteiger partial charge in [0.2, 0.25) is 0 Å². The summed E-state index contributed by atoms with van der Waals surface area (Å²) in [7, 11) is 5.20. The monoisotopic (exact) mass is 393 g/mol. The van der Waals surface area contributed by atoms with Crippen LogP contribution in [0.25, 0.3) is 16.6 Å². The van der Waals surface area contributed by atoms with Crippen LogP contribution in [0, 0.1) is 11.3 Å². The van der Waals surface area contributed by atoms with Crippen LogP contribution in [0.3, 0.4) is 0 Å². The molecule has 29 heavy (non-hydrogen) atoms. The minimum Gasteiger partial charge on any atom is -0.506 e. The van der Waals surface area contributed by atoms with Gasteiger partial charge in [0.05, 0.1) is 38.8 Å². The average Bonchev–Trinajstić information content (AvgIpc) is 3.16. The molecule has 0 aliphatic heterocycles. The third-order valence-corrected chi connectivity index (χ3v) is 4.78. The van der Waals surface area contributed by atoms with Gasteiger partial charge in [0.1, 0.15) is 18.2 Å². The van der Waals surface area contributed by atoms with Gasteiger partial charge in [0, 0.05) is 6.42 Å². The Hall–Kier alpha value is -3.50. The number of aromatic nitrogens is 2. The third kappa shape index (κ3) is 4.68. The fourth-order valence-corrected chi connectivity index (χ4v) is 3.18. The van der Waals surface area contributed by atoms with Gasteiger partial charge in [-0.2, -0.15) is 5.26 Å². The molecule has 0 aliphatic carbocycles. The maximum Gasteiger partial charge on any atom is 0.169 e. The van der Waals surface area contributed by atoms with Crippen molar-refractivity contribution < 1.29 is 19.5 Å². The molecule has 0 bridgehead atoms. The van der Waals surface area contributed by atoms with E-state index in [1.807, 2.05) is 49.5 Å². The first-order valence-corrected chi connectivity index (χ1v) is 9.35. The van der Waals surface area contributed by atoms with E-state index in [-0.39, 0.29) is 11.3 Å². The molecule has 7 heteroatoms. The summed E-state index contributed by atoms with van der Waals surface area (Å²) >= 11 is 0. The Balaban J connectivity index is 1.68. The Kier molecular flexibility index (Phi) is 6.37. The molecule has 0 amide bonds. The number of hydrogen-bond acceptors (Lipinski definition) is 5. The highest BCUT2D eigenvalue weighted by atomic mass is 16.5. The number of allylic oxidation sites excluding steroid dienone is 1. The number of methoxy groups -OCH3 is 2. The van der Waals surface area contributed by atoms with E-state index < -0.39 is 0 Å². The lowest BCUT2D eigenvalue weighted by Crippen LogP contribution is -3.09. The summed E-state index contributed by atoms with van der Waals surface area (Å²) in [5, 5.41) is 20.1. The minimum absolute atomic E-state index is 0.0244. The van der Waals surface area contributed by atoms with Crippen molar-refractivity contribution in [2.45, 2.75) is 6.42 Å². The molecule has 3 rings (SSSR count). The molecule has 0 spiro atoms. The maximum absolute atomic E-state index is 10.5. The van der Waals surface area contributed by atoms with Crippen LogP contribution in [0.2, 0.25) is 0 Å². The van der Waals surface area contributed by atoms with Crippen LogP contribution < -0.4 is 14.4 Å². The number of quaternary nitrogens is 1. The molecular weight excluding hydrogens is 368 g/mol. The molecule has 7 nitrogen and oxygen atoms in total. The Morgan fingerprint density at radius 3 is 2.62 bits per heavy atom. The van der Waals surface area contributed by atoms with Gasteiger partial charge in [-0.3, -0.25) is 0 Å². The second kappa shape index (κ2) is 9.13. The predicted octanol–water partition coefficient (Wildman–Crippen LogP) is 2.13. The van der Waals surface area contributed by atoms with E-state index in [2.05, 4.69) is 16.0 Å². The number of imidazole rings is 1. The van der Waals surface area contributed by atoms with E-state index in [0.29, 0.717) is 23.9 Å². The summed E-state index contributed by atoms with van der Waals surface area (Å²) in [6, 6.07) is 15.4. The van der Waals surface area contributed by atoms with Crippen molar-refractivity contribution in [2.24, 2.45) is 0 Å². The molecule has 150 valence electrons. The normalized spacial score (nSPS) is 12.9. The highest BCUT2D eigenvalue weighted by Gasteiger charge is 2.16. The van der Waals surface area contributed by atoms with Crippen LogP contribution >= 0.6 is 0 Å². The van der Waals surface area contributed by atoms with Crippen molar-refractivity contribution in [1.82, 2.24) is 9.97 Å². The molecule has 3 N–H and O–H groups in total. The predicted molar refractivity (Wildman–Crippen MR) is 111 cm³/mol. The second-order valence-electron chi connectivity index (χ2n) is 6.86. The van der Waals surface area contributed by atoms with E-state index in [1.165, 1.54) is 0 Å². The standard InChI is InChI=1S/C22H24N4O3/c1-26(11-10-15-8-9-20(28-2)21(12-15)29-3)14-19(27)16(13-23)22-24-17-6-4-5-7-18(17)25-22/h4-9,12,27H,10-11,14H2,1-3H3,(H,24,25)/p+1/b19-16-. The smallest absolute Gasteiger partial charge is 0.169 e. The van der Waals surface area contributed by atoms with E-state index in [1.54, 1.807) is 14.2 Å². The highest BCUT2D eigenvalue weighted by molar-refractivity contribution is 5.82. The number of aliphatic hydroxyl groups is 1. The summed E-state index contributed by atoms with van der Waals surface area (Å²) in [6.07, 6.45) is 0.798. The average molecular weight is 393 g/mol. The van der Waals surface area contributed by atoms with Crippen LogP contribution in [0.15, 0.2) is 48.2 Å². The molecule has 1 aromatic heterocycles. The number of para-hydroxylation sites is 2. The van der Waals surface area contributed by atoms with Gasteiger partial charge in [0.15, 0.2) is 23.1 Å². The lowest BCUT2D eigenvalue weighted by atomic mass is 10.1. The highest BCUT2D eigenvalue weighted by Crippen LogP contribution is 2.27.